The molecule has 0 aromatic rings. The van der Waals surface area contributed by atoms with Gasteiger partial charge < -0.3 is 0 Å². The Hall–Kier alpha value is 0.730. The minimum absolute atomic E-state index is 0.531. The molecule has 1 saturated carbocycles. The molecule has 110 valence electrons. The van der Waals surface area contributed by atoms with E-state index in [1.54, 1.807) is 10.8 Å². The fourth-order valence-corrected chi connectivity index (χ4v) is 4.95. The van der Waals surface area contributed by atoms with Gasteiger partial charge in [-0.3, -0.25) is 0 Å². The van der Waals surface area contributed by atoms with Crippen LogP contribution < -0.4 is 21.2 Å². The molecular formula is C17H34I-. The van der Waals surface area contributed by atoms with Gasteiger partial charge in [-0.1, -0.05) is 0 Å². The van der Waals surface area contributed by atoms with Crippen molar-refractivity contribution in [2.45, 2.75) is 72.1 Å². The molecule has 0 N–H and O–H groups in total. The summed E-state index contributed by atoms with van der Waals surface area (Å²) in [5, 5.41) is 0. The summed E-state index contributed by atoms with van der Waals surface area (Å²) in [5.74, 6) is 4.10. The molecule has 1 heteroatoms. The molecule has 0 spiro atoms. The number of halogens is 1. The molecule has 0 aromatic heterocycles. The molecular weight excluding hydrogens is 331 g/mol. The monoisotopic (exact) mass is 365 g/mol. The van der Waals surface area contributed by atoms with Gasteiger partial charge in [0, 0.05) is 0 Å². The fourth-order valence-electron chi connectivity index (χ4n) is 3.74. The fraction of sp³-hybridized carbons (Fsp3) is 1.00. The molecule has 1 rings (SSSR count). The van der Waals surface area contributed by atoms with Crippen LogP contribution in [0.1, 0.15) is 72.1 Å². The Morgan fingerprint density at radius 3 is 2.11 bits per heavy atom. The number of rotatable bonds is 8. The van der Waals surface area contributed by atoms with Gasteiger partial charge in [-0.25, -0.2) is 0 Å². The Morgan fingerprint density at radius 1 is 1.00 bits per heavy atom. The molecule has 1 aliphatic carbocycles. The van der Waals surface area contributed by atoms with E-state index in [4.69, 9.17) is 0 Å². The molecule has 1 atom stereocenters. The summed E-state index contributed by atoms with van der Waals surface area (Å²) in [5.41, 5.74) is 0. The average Bonchev–Trinajstić information content (AvgIpc) is 2.38. The van der Waals surface area contributed by atoms with Crippen LogP contribution in [-0.4, -0.2) is 9.36 Å². The molecule has 0 heterocycles. The zero-order chi connectivity index (χ0) is 13.4. The Balaban J connectivity index is 2.34. The second-order valence-corrected chi connectivity index (χ2v) is 9.17. The topological polar surface area (TPSA) is 0 Å². The molecule has 0 nitrogen and oxygen atoms in total. The normalized spacial score (nSPS) is 26.7. The first kappa shape index (κ1) is 16.8. The van der Waals surface area contributed by atoms with Gasteiger partial charge in [-0.2, -0.15) is 0 Å². The van der Waals surface area contributed by atoms with Crippen LogP contribution in [-0.2, 0) is 0 Å². The summed E-state index contributed by atoms with van der Waals surface area (Å²) in [6.07, 6.45) is 12.1. The first-order valence-corrected chi connectivity index (χ1v) is 11.8. The van der Waals surface area contributed by atoms with Crippen LogP contribution in [0.3, 0.4) is 0 Å². The van der Waals surface area contributed by atoms with Gasteiger partial charge in [0.25, 0.3) is 0 Å². The van der Waals surface area contributed by atoms with Crippen LogP contribution in [0.4, 0.5) is 0 Å². The van der Waals surface area contributed by atoms with Gasteiger partial charge in [0.2, 0.25) is 0 Å². The predicted octanol–water partition coefficient (Wildman–Crippen LogP) is 2.36. The number of alkyl halides is 2. The van der Waals surface area contributed by atoms with Crippen molar-refractivity contribution in [2.24, 2.45) is 23.7 Å². The predicted molar refractivity (Wildman–Crippen MR) is 78.7 cm³/mol. The molecule has 18 heavy (non-hydrogen) atoms. The van der Waals surface area contributed by atoms with Crippen LogP contribution in [0.15, 0.2) is 0 Å². The van der Waals surface area contributed by atoms with E-state index in [0.29, 0.717) is 21.2 Å². The SMILES string of the molecule is CCCC(CCC[I-]C)C1CCC(C(C)C)CC1. The Kier molecular flexibility index (Phi) is 8.96. The zero-order valence-electron chi connectivity index (χ0n) is 13.1. The van der Waals surface area contributed by atoms with Crippen molar-refractivity contribution in [1.29, 1.82) is 0 Å². The summed E-state index contributed by atoms with van der Waals surface area (Å²) >= 11 is 0.531. The van der Waals surface area contributed by atoms with Gasteiger partial charge in [0.05, 0.1) is 0 Å². The van der Waals surface area contributed by atoms with Crippen LogP contribution >= 0.6 is 0 Å². The molecule has 0 aliphatic heterocycles. The molecule has 1 aliphatic rings. The second kappa shape index (κ2) is 9.61. The van der Waals surface area contributed by atoms with E-state index in [-0.39, 0.29) is 0 Å². The Morgan fingerprint density at radius 2 is 1.61 bits per heavy atom. The maximum atomic E-state index is 2.43. The summed E-state index contributed by atoms with van der Waals surface area (Å²) in [7, 11) is 0. The van der Waals surface area contributed by atoms with Crippen molar-refractivity contribution in [3.8, 4) is 0 Å². The van der Waals surface area contributed by atoms with Crippen LogP contribution in [0.5, 0.6) is 0 Å². The standard InChI is InChI=1S/C17H34I/c1-5-7-16(8-6-13-18-4)17-11-9-15(10-12-17)14(2)3/h14-17H,5-13H2,1-4H3/q-1. The third-order valence-electron chi connectivity index (χ3n) is 4.98. The minimum atomic E-state index is 0.531. The molecule has 0 radical (unpaired) electrons. The van der Waals surface area contributed by atoms with Gasteiger partial charge in [-0.05, 0) is 0 Å². The van der Waals surface area contributed by atoms with Crippen molar-refractivity contribution in [1.82, 2.24) is 0 Å². The Bertz CT molecular complexity index is 192. The van der Waals surface area contributed by atoms with Crippen LogP contribution in [0, 0.1) is 23.7 Å². The van der Waals surface area contributed by atoms with Crippen molar-refractivity contribution >= 4 is 0 Å². The van der Waals surface area contributed by atoms with Crippen molar-refractivity contribution in [2.75, 3.05) is 9.36 Å². The first-order valence-electron chi connectivity index (χ1n) is 8.12. The van der Waals surface area contributed by atoms with Gasteiger partial charge in [-0.15, -0.1) is 0 Å². The van der Waals surface area contributed by atoms with Gasteiger partial charge >= 0.3 is 126 Å². The Labute approximate surface area is 126 Å². The molecule has 0 saturated heterocycles. The van der Waals surface area contributed by atoms with E-state index in [2.05, 4.69) is 25.7 Å². The molecule has 0 amide bonds. The van der Waals surface area contributed by atoms with Gasteiger partial charge in [0.15, 0.2) is 0 Å². The van der Waals surface area contributed by atoms with E-state index in [9.17, 15) is 0 Å². The summed E-state index contributed by atoms with van der Waals surface area (Å²) in [4.78, 5) is 2.43. The molecule has 1 unspecified atom stereocenters. The van der Waals surface area contributed by atoms with E-state index in [1.807, 2.05) is 0 Å². The number of hydrogen-bond donors (Lipinski definition) is 0. The maximum absolute atomic E-state index is 2.43. The van der Waals surface area contributed by atoms with Crippen LogP contribution in [0.25, 0.3) is 0 Å². The van der Waals surface area contributed by atoms with Crippen molar-refractivity contribution in [3.63, 3.8) is 0 Å². The third kappa shape index (κ3) is 5.79. The van der Waals surface area contributed by atoms with E-state index in [1.165, 1.54) is 44.9 Å². The molecule has 0 bridgehead atoms. The molecule has 0 aromatic carbocycles. The number of hydrogen-bond acceptors (Lipinski definition) is 0. The quantitative estimate of drug-likeness (QED) is 0.352. The van der Waals surface area contributed by atoms with Crippen molar-refractivity contribution in [3.05, 3.63) is 0 Å². The summed E-state index contributed by atoms with van der Waals surface area (Å²) in [6, 6.07) is 0. The van der Waals surface area contributed by atoms with Crippen molar-refractivity contribution < 1.29 is 21.2 Å². The van der Waals surface area contributed by atoms with E-state index in [0.717, 1.165) is 23.7 Å². The summed E-state index contributed by atoms with van der Waals surface area (Å²) in [6.45, 7) is 7.21. The van der Waals surface area contributed by atoms with Gasteiger partial charge in [0.1, 0.15) is 0 Å². The molecule has 1 fully saturated rings. The first-order chi connectivity index (χ1) is 8.69. The summed E-state index contributed by atoms with van der Waals surface area (Å²) < 4.78 is 1.56. The average molecular weight is 365 g/mol. The van der Waals surface area contributed by atoms with E-state index < -0.39 is 0 Å². The van der Waals surface area contributed by atoms with E-state index >= 15 is 0 Å². The third-order valence-corrected chi connectivity index (χ3v) is 6.82. The second-order valence-electron chi connectivity index (χ2n) is 6.57. The van der Waals surface area contributed by atoms with Crippen LogP contribution in [0.2, 0.25) is 0 Å². The zero-order valence-corrected chi connectivity index (χ0v) is 15.2.